The van der Waals surface area contributed by atoms with Crippen LogP contribution >= 0.6 is 0 Å². The summed E-state index contributed by atoms with van der Waals surface area (Å²) in [7, 11) is 0. The van der Waals surface area contributed by atoms with E-state index in [0.717, 1.165) is 18.4 Å². The van der Waals surface area contributed by atoms with E-state index in [9.17, 15) is 0 Å². The summed E-state index contributed by atoms with van der Waals surface area (Å²) in [6.07, 6.45) is 11.1. The van der Waals surface area contributed by atoms with Gasteiger partial charge in [0, 0.05) is 0 Å². The van der Waals surface area contributed by atoms with Crippen LogP contribution in [0.5, 0.6) is 0 Å². The van der Waals surface area contributed by atoms with Gasteiger partial charge in [-0.15, -0.1) is 0 Å². The first kappa shape index (κ1) is 16.0. The van der Waals surface area contributed by atoms with Gasteiger partial charge in [-0.25, -0.2) is 0 Å². The fraction of sp³-hybridized carbons (Fsp3) is 1.00. The lowest BCUT2D eigenvalue weighted by molar-refractivity contribution is 0.228. The number of rotatable bonds is 7. The molecule has 0 saturated carbocycles. The van der Waals surface area contributed by atoms with E-state index in [1.807, 2.05) is 0 Å². The van der Waals surface area contributed by atoms with Crippen LogP contribution in [-0.4, -0.2) is 31.1 Å². The maximum atomic E-state index is 5.71. The van der Waals surface area contributed by atoms with Gasteiger partial charge in [-0.1, -0.05) is 33.1 Å². The quantitative estimate of drug-likeness (QED) is 0.751. The van der Waals surface area contributed by atoms with Crippen molar-refractivity contribution >= 4 is 0 Å². The normalized spacial score (nSPS) is 20.7. The number of nitrogens with zero attached hydrogens (tertiary/aromatic N) is 1. The lowest BCUT2D eigenvalue weighted by Gasteiger charge is -2.26. The second kappa shape index (κ2) is 9.80. The fourth-order valence-electron chi connectivity index (χ4n) is 3.14. The molecule has 0 spiro atoms. The molecule has 2 heteroatoms. The molecule has 18 heavy (non-hydrogen) atoms. The number of hydrogen-bond acceptors (Lipinski definition) is 2. The first-order valence-electron chi connectivity index (χ1n) is 8.16. The summed E-state index contributed by atoms with van der Waals surface area (Å²) < 4.78 is 0. The van der Waals surface area contributed by atoms with E-state index in [2.05, 4.69) is 18.7 Å². The summed E-state index contributed by atoms with van der Waals surface area (Å²) in [4.78, 5) is 2.69. The van der Waals surface area contributed by atoms with Crippen molar-refractivity contribution in [3.8, 4) is 0 Å². The molecule has 2 nitrogen and oxygen atoms in total. The molecular weight excluding hydrogens is 220 g/mol. The Bertz CT molecular complexity index is 184. The molecule has 2 N–H and O–H groups in total. The van der Waals surface area contributed by atoms with Gasteiger partial charge < -0.3 is 10.6 Å². The molecule has 108 valence electrons. The van der Waals surface area contributed by atoms with Gasteiger partial charge in [-0.05, 0) is 70.1 Å². The van der Waals surface area contributed by atoms with Gasteiger partial charge in [-0.3, -0.25) is 0 Å². The molecule has 0 aliphatic carbocycles. The molecule has 1 heterocycles. The molecule has 1 aliphatic rings. The molecule has 0 aromatic carbocycles. The second-order valence-corrected chi connectivity index (χ2v) is 6.33. The van der Waals surface area contributed by atoms with Crippen LogP contribution in [0.3, 0.4) is 0 Å². The first-order chi connectivity index (χ1) is 8.74. The van der Waals surface area contributed by atoms with Crippen molar-refractivity contribution in [2.75, 3.05) is 26.2 Å². The van der Waals surface area contributed by atoms with Crippen LogP contribution in [0, 0.1) is 11.8 Å². The van der Waals surface area contributed by atoms with E-state index in [4.69, 9.17) is 5.73 Å². The van der Waals surface area contributed by atoms with Gasteiger partial charge in [0.15, 0.2) is 0 Å². The minimum absolute atomic E-state index is 0.792. The average Bonchev–Trinajstić information content (AvgIpc) is 2.30. The van der Waals surface area contributed by atoms with Crippen LogP contribution in [0.25, 0.3) is 0 Å². The Balaban J connectivity index is 2.17. The lowest BCUT2D eigenvalue weighted by atomic mass is 9.88. The Morgan fingerprint density at radius 2 is 1.56 bits per heavy atom. The third kappa shape index (κ3) is 6.75. The summed E-state index contributed by atoms with van der Waals surface area (Å²) in [5, 5.41) is 0. The molecule has 0 bridgehead atoms. The minimum atomic E-state index is 0.792. The maximum Gasteiger partial charge on any atom is -0.00186 e. The van der Waals surface area contributed by atoms with Crippen molar-refractivity contribution in [1.82, 2.24) is 4.90 Å². The smallest absolute Gasteiger partial charge is 0.00186 e. The fourth-order valence-corrected chi connectivity index (χ4v) is 3.14. The Morgan fingerprint density at radius 1 is 0.944 bits per heavy atom. The monoisotopic (exact) mass is 254 g/mol. The zero-order chi connectivity index (χ0) is 13.2. The van der Waals surface area contributed by atoms with Crippen molar-refractivity contribution in [2.45, 2.75) is 65.2 Å². The van der Waals surface area contributed by atoms with Crippen molar-refractivity contribution in [3.05, 3.63) is 0 Å². The largest absolute Gasteiger partial charge is 0.330 e. The summed E-state index contributed by atoms with van der Waals surface area (Å²) in [5.74, 6) is 1.63. The number of likely N-dealkylation sites (tertiary alicyclic amines) is 1. The molecule has 0 aromatic rings. The molecule has 1 atom stereocenters. The van der Waals surface area contributed by atoms with Gasteiger partial charge in [-0.2, -0.15) is 0 Å². The summed E-state index contributed by atoms with van der Waals surface area (Å²) >= 11 is 0. The van der Waals surface area contributed by atoms with Crippen LogP contribution < -0.4 is 5.73 Å². The van der Waals surface area contributed by atoms with Crippen molar-refractivity contribution in [1.29, 1.82) is 0 Å². The van der Waals surface area contributed by atoms with Crippen molar-refractivity contribution in [2.24, 2.45) is 17.6 Å². The maximum absolute atomic E-state index is 5.71. The SMILES string of the molecule is CC(C)C(CCN)CCCN1CCCCCCC1. The lowest BCUT2D eigenvalue weighted by Crippen LogP contribution is -2.29. The highest BCUT2D eigenvalue weighted by Gasteiger charge is 2.13. The van der Waals surface area contributed by atoms with Crippen LogP contribution in [0.2, 0.25) is 0 Å². The molecule has 1 saturated heterocycles. The molecular formula is C16H34N2. The highest BCUT2D eigenvalue weighted by molar-refractivity contribution is 4.67. The third-order valence-corrected chi connectivity index (χ3v) is 4.48. The molecule has 1 fully saturated rings. The second-order valence-electron chi connectivity index (χ2n) is 6.33. The third-order valence-electron chi connectivity index (χ3n) is 4.48. The van der Waals surface area contributed by atoms with E-state index < -0.39 is 0 Å². The average molecular weight is 254 g/mol. The van der Waals surface area contributed by atoms with Gasteiger partial charge in [0.2, 0.25) is 0 Å². The molecule has 1 aliphatic heterocycles. The van der Waals surface area contributed by atoms with E-state index in [0.29, 0.717) is 0 Å². The van der Waals surface area contributed by atoms with Gasteiger partial charge >= 0.3 is 0 Å². The van der Waals surface area contributed by atoms with Gasteiger partial charge in [0.05, 0.1) is 0 Å². The zero-order valence-corrected chi connectivity index (χ0v) is 12.7. The van der Waals surface area contributed by atoms with E-state index in [1.165, 1.54) is 71.0 Å². The zero-order valence-electron chi connectivity index (χ0n) is 12.7. The van der Waals surface area contributed by atoms with Crippen LogP contribution in [-0.2, 0) is 0 Å². The van der Waals surface area contributed by atoms with Crippen molar-refractivity contribution < 1.29 is 0 Å². The molecule has 0 radical (unpaired) electrons. The minimum Gasteiger partial charge on any atom is -0.330 e. The number of nitrogens with two attached hydrogens (primary N) is 1. The van der Waals surface area contributed by atoms with Crippen LogP contribution in [0.4, 0.5) is 0 Å². The highest BCUT2D eigenvalue weighted by atomic mass is 15.1. The highest BCUT2D eigenvalue weighted by Crippen LogP contribution is 2.21. The van der Waals surface area contributed by atoms with Gasteiger partial charge in [0.25, 0.3) is 0 Å². The molecule has 0 amide bonds. The molecule has 0 aromatic heterocycles. The summed E-state index contributed by atoms with van der Waals surface area (Å²) in [5.41, 5.74) is 5.71. The first-order valence-corrected chi connectivity index (χ1v) is 8.16. The predicted molar refractivity (Wildman–Crippen MR) is 80.8 cm³/mol. The van der Waals surface area contributed by atoms with Gasteiger partial charge in [0.1, 0.15) is 0 Å². The summed E-state index contributed by atoms with van der Waals surface area (Å²) in [6.45, 7) is 9.53. The van der Waals surface area contributed by atoms with Crippen molar-refractivity contribution in [3.63, 3.8) is 0 Å². The Morgan fingerprint density at radius 3 is 2.11 bits per heavy atom. The number of hydrogen-bond donors (Lipinski definition) is 1. The Hall–Kier alpha value is -0.0800. The van der Waals surface area contributed by atoms with E-state index in [1.54, 1.807) is 0 Å². The Labute approximate surface area is 114 Å². The topological polar surface area (TPSA) is 29.3 Å². The Kier molecular flexibility index (Phi) is 8.70. The van der Waals surface area contributed by atoms with Crippen LogP contribution in [0.15, 0.2) is 0 Å². The van der Waals surface area contributed by atoms with E-state index in [-0.39, 0.29) is 0 Å². The standard InChI is InChI=1S/C16H34N2/c1-15(2)16(10-11-17)9-8-14-18-12-6-4-3-5-7-13-18/h15-16H,3-14,17H2,1-2H3. The molecule has 1 unspecified atom stereocenters. The summed E-state index contributed by atoms with van der Waals surface area (Å²) in [6, 6.07) is 0. The van der Waals surface area contributed by atoms with E-state index >= 15 is 0 Å². The molecule has 1 rings (SSSR count). The predicted octanol–water partition coefficient (Wildman–Crippen LogP) is 3.65. The van der Waals surface area contributed by atoms with Crippen LogP contribution in [0.1, 0.15) is 65.2 Å².